The smallest absolute Gasteiger partial charge is 0.220 e. The Hall–Kier alpha value is -2.79. The summed E-state index contributed by atoms with van der Waals surface area (Å²) >= 11 is 1.79. The summed E-state index contributed by atoms with van der Waals surface area (Å²) in [6, 6.07) is 18.7. The lowest BCUT2D eigenvalue weighted by atomic mass is 9.93. The summed E-state index contributed by atoms with van der Waals surface area (Å²) in [5, 5.41) is 5.61. The second-order valence-electron chi connectivity index (χ2n) is 7.18. The van der Waals surface area contributed by atoms with Crippen LogP contribution >= 0.6 is 11.3 Å². The fourth-order valence-corrected chi connectivity index (χ4v) is 4.85. The minimum Gasteiger partial charge on any atom is -0.494 e. The van der Waals surface area contributed by atoms with Gasteiger partial charge in [-0.3, -0.25) is 4.79 Å². The first-order valence-corrected chi connectivity index (χ1v) is 10.9. The van der Waals surface area contributed by atoms with Crippen molar-refractivity contribution in [3.8, 4) is 5.75 Å². The van der Waals surface area contributed by atoms with E-state index in [0.29, 0.717) is 13.2 Å². The molecule has 4 nitrogen and oxygen atoms in total. The molecule has 0 unspecified atom stereocenters. The van der Waals surface area contributed by atoms with Gasteiger partial charge in [-0.25, -0.2) is 0 Å². The number of rotatable bonds is 6. The molecule has 1 N–H and O–H groups in total. The highest BCUT2D eigenvalue weighted by atomic mass is 32.1. The van der Waals surface area contributed by atoms with E-state index < -0.39 is 0 Å². The molecule has 29 heavy (non-hydrogen) atoms. The monoisotopic (exact) mass is 406 g/mol. The zero-order valence-electron chi connectivity index (χ0n) is 16.9. The van der Waals surface area contributed by atoms with Crippen LogP contribution in [0.5, 0.6) is 5.75 Å². The molecule has 0 bridgehead atoms. The number of nitrogens with zero attached hydrogens (tertiary/aromatic N) is 1. The first-order valence-electron chi connectivity index (χ1n) is 10.1. The molecular weight excluding hydrogens is 380 g/mol. The van der Waals surface area contributed by atoms with E-state index >= 15 is 0 Å². The van der Waals surface area contributed by atoms with Crippen molar-refractivity contribution in [1.29, 1.82) is 0 Å². The molecule has 1 amide bonds. The summed E-state index contributed by atoms with van der Waals surface area (Å²) in [5.74, 6) is 1.05. The molecule has 3 aromatic rings. The summed E-state index contributed by atoms with van der Waals surface area (Å²) in [6.45, 7) is 5.80. The van der Waals surface area contributed by atoms with Gasteiger partial charge in [0, 0.05) is 36.1 Å². The van der Waals surface area contributed by atoms with Gasteiger partial charge in [-0.1, -0.05) is 30.3 Å². The SMILES string of the molecule is CCOc1ccccc1CNc1ccc([C@H]2c3ccsc3CCN2C(C)=O)cc1. The Balaban J connectivity index is 1.52. The van der Waals surface area contributed by atoms with Gasteiger partial charge in [0.05, 0.1) is 12.6 Å². The number of thiophene rings is 1. The van der Waals surface area contributed by atoms with Crippen LogP contribution in [0.3, 0.4) is 0 Å². The van der Waals surface area contributed by atoms with E-state index in [1.54, 1.807) is 18.3 Å². The lowest BCUT2D eigenvalue weighted by Crippen LogP contribution is -2.38. The number of carbonyl (C=O) groups excluding carboxylic acids is 1. The molecule has 1 atom stereocenters. The Labute approximate surface area is 176 Å². The van der Waals surface area contributed by atoms with Crippen LogP contribution in [0.25, 0.3) is 0 Å². The van der Waals surface area contributed by atoms with Crippen LogP contribution in [0.4, 0.5) is 5.69 Å². The predicted molar refractivity (Wildman–Crippen MR) is 119 cm³/mol. The lowest BCUT2D eigenvalue weighted by Gasteiger charge is -2.35. The van der Waals surface area contributed by atoms with Crippen molar-refractivity contribution in [2.45, 2.75) is 32.9 Å². The second-order valence-corrected chi connectivity index (χ2v) is 8.18. The maximum absolute atomic E-state index is 12.2. The van der Waals surface area contributed by atoms with Gasteiger partial charge in [0.2, 0.25) is 5.91 Å². The fraction of sp³-hybridized carbons (Fsp3) is 0.292. The van der Waals surface area contributed by atoms with E-state index in [1.165, 1.54) is 10.4 Å². The molecular formula is C24H26N2O2S. The molecule has 1 aromatic heterocycles. The number of para-hydroxylation sites is 1. The van der Waals surface area contributed by atoms with E-state index in [4.69, 9.17) is 4.74 Å². The topological polar surface area (TPSA) is 41.6 Å². The first kappa shape index (κ1) is 19.5. The van der Waals surface area contributed by atoms with Gasteiger partial charge in [0.15, 0.2) is 0 Å². The van der Waals surface area contributed by atoms with Crippen molar-refractivity contribution in [2.24, 2.45) is 0 Å². The van der Waals surface area contributed by atoms with Crippen LogP contribution in [0.15, 0.2) is 60.0 Å². The number of hydrogen-bond acceptors (Lipinski definition) is 4. The Morgan fingerprint density at radius 1 is 1.17 bits per heavy atom. The zero-order chi connectivity index (χ0) is 20.2. The van der Waals surface area contributed by atoms with Gasteiger partial charge in [-0.2, -0.15) is 0 Å². The van der Waals surface area contributed by atoms with Crippen molar-refractivity contribution in [3.05, 3.63) is 81.5 Å². The summed E-state index contributed by atoms with van der Waals surface area (Å²) in [6.07, 6.45) is 0.946. The summed E-state index contributed by atoms with van der Waals surface area (Å²) in [5.41, 5.74) is 4.61. The summed E-state index contributed by atoms with van der Waals surface area (Å²) in [4.78, 5) is 15.6. The van der Waals surface area contributed by atoms with Gasteiger partial charge < -0.3 is 15.0 Å². The lowest BCUT2D eigenvalue weighted by molar-refractivity contribution is -0.130. The van der Waals surface area contributed by atoms with Crippen LogP contribution in [-0.4, -0.2) is 24.0 Å². The van der Waals surface area contributed by atoms with Gasteiger partial charge in [0.25, 0.3) is 0 Å². The van der Waals surface area contributed by atoms with Crippen molar-refractivity contribution in [2.75, 3.05) is 18.5 Å². The zero-order valence-corrected chi connectivity index (χ0v) is 17.7. The molecule has 0 spiro atoms. The van der Waals surface area contributed by atoms with E-state index in [0.717, 1.165) is 35.5 Å². The highest BCUT2D eigenvalue weighted by molar-refractivity contribution is 7.10. The Morgan fingerprint density at radius 3 is 2.72 bits per heavy atom. The minimum atomic E-state index is 0.00947. The number of carbonyl (C=O) groups is 1. The average Bonchev–Trinajstić information content (AvgIpc) is 3.22. The number of amides is 1. The maximum atomic E-state index is 12.2. The van der Waals surface area contributed by atoms with Crippen molar-refractivity contribution in [3.63, 3.8) is 0 Å². The predicted octanol–water partition coefficient (Wildman–Crippen LogP) is 5.25. The first-order chi connectivity index (χ1) is 14.2. The molecule has 1 aliphatic heterocycles. The number of benzene rings is 2. The van der Waals surface area contributed by atoms with E-state index in [2.05, 4.69) is 47.1 Å². The van der Waals surface area contributed by atoms with Crippen LogP contribution in [0, 0.1) is 0 Å². The van der Waals surface area contributed by atoms with Gasteiger partial charge in [0.1, 0.15) is 5.75 Å². The second kappa shape index (κ2) is 8.70. The van der Waals surface area contributed by atoms with Crippen LogP contribution in [-0.2, 0) is 17.8 Å². The van der Waals surface area contributed by atoms with Crippen molar-refractivity contribution in [1.82, 2.24) is 4.90 Å². The van der Waals surface area contributed by atoms with Crippen molar-refractivity contribution >= 4 is 22.9 Å². The fourth-order valence-electron chi connectivity index (χ4n) is 3.94. The van der Waals surface area contributed by atoms with Crippen LogP contribution < -0.4 is 10.1 Å². The molecule has 4 rings (SSSR count). The van der Waals surface area contributed by atoms with E-state index in [1.807, 2.05) is 30.0 Å². The molecule has 1 aliphatic rings. The Kier molecular flexibility index (Phi) is 5.86. The Morgan fingerprint density at radius 2 is 1.97 bits per heavy atom. The van der Waals surface area contributed by atoms with Crippen molar-refractivity contribution < 1.29 is 9.53 Å². The molecule has 0 saturated carbocycles. The molecule has 150 valence electrons. The standard InChI is InChI=1S/C24H26N2O2S/c1-3-28-22-7-5-4-6-19(22)16-25-20-10-8-18(9-11-20)24-21-13-15-29-23(21)12-14-26(24)17(2)27/h4-11,13,15,24-25H,3,12,14,16H2,1-2H3/t24-/m0/s1. The summed E-state index contributed by atoms with van der Waals surface area (Å²) < 4.78 is 5.71. The molecule has 0 fully saturated rings. The molecule has 0 saturated heterocycles. The summed E-state index contributed by atoms with van der Waals surface area (Å²) in [7, 11) is 0. The maximum Gasteiger partial charge on any atom is 0.220 e. The number of anilines is 1. The highest BCUT2D eigenvalue weighted by Gasteiger charge is 2.31. The van der Waals surface area contributed by atoms with E-state index in [-0.39, 0.29) is 11.9 Å². The molecule has 0 radical (unpaired) electrons. The molecule has 2 heterocycles. The average molecular weight is 407 g/mol. The highest BCUT2D eigenvalue weighted by Crippen LogP contribution is 2.38. The number of nitrogens with one attached hydrogen (secondary N) is 1. The number of hydrogen-bond donors (Lipinski definition) is 1. The molecule has 5 heteroatoms. The quantitative estimate of drug-likeness (QED) is 0.608. The normalized spacial score (nSPS) is 15.7. The third-order valence-corrected chi connectivity index (χ3v) is 6.35. The van der Waals surface area contributed by atoms with Gasteiger partial charge in [-0.15, -0.1) is 11.3 Å². The van der Waals surface area contributed by atoms with E-state index in [9.17, 15) is 4.79 Å². The Bertz CT molecular complexity index is 981. The largest absolute Gasteiger partial charge is 0.494 e. The number of fused-ring (bicyclic) bond motifs is 1. The van der Waals surface area contributed by atoms with Crippen LogP contribution in [0.2, 0.25) is 0 Å². The molecule has 2 aromatic carbocycles. The molecule has 0 aliphatic carbocycles. The minimum absolute atomic E-state index is 0.00947. The third-order valence-electron chi connectivity index (χ3n) is 5.35. The number of ether oxygens (including phenoxy) is 1. The van der Waals surface area contributed by atoms with Gasteiger partial charge >= 0.3 is 0 Å². The third kappa shape index (κ3) is 4.15. The van der Waals surface area contributed by atoms with Crippen LogP contribution in [0.1, 0.15) is 41.5 Å². The van der Waals surface area contributed by atoms with Gasteiger partial charge in [-0.05, 0) is 54.1 Å².